The van der Waals surface area contributed by atoms with Crippen LogP contribution in [0.25, 0.3) is 31.3 Å². The monoisotopic (exact) mass is 338 g/mol. The highest BCUT2D eigenvalue weighted by Crippen LogP contribution is 2.41. The highest BCUT2D eigenvalue weighted by Gasteiger charge is 2.11. The summed E-state index contributed by atoms with van der Waals surface area (Å²) in [5.41, 5.74) is 2.56. The van der Waals surface area contributed by atoms with Gasteiger partial charge in [0.2, 0.25) is 0 Å². The second-order valence-corrected chi connectivity index (χ2v) is 6.67. The Hall–Kier alpha value is -1.64. The number of halogens is 1. The molecule has 0 nitrogen and oxygen atoms in total. The molecule has 1 aromatic heterocycles. The van der Waals surface area contributed by atoms with Crippen molar-refractivity contribution in [3.05, 3.63) is 71.2 Å². The molecule has 2 heteroatoms. The molecule has 0 bridgehead atoms. The minimum Gasteiger partial charge on any atom is -0.135 e. The van der Waals surface area contributed by atoms with Gasteiger partial charge in [0.1, 0.15) is 0 Å². The number of fused-ring (bicyclic) bond motifs is 3. The number of hydrogen-bond donors (Lipinski definition) is 0. The quantitative estimate of drug-likeness (QED) is 0.372. The van der Waals surface area contributed by atoms with E-state index in [0.717, 1.165) is 4.47 Å². The maximum Gasteiger partial charge on any atom is 0.0434 e. The summed E-state index contributed by atoms with van der Waals surface area (Å²) >= 11 is 5.54. The Bertz CT molecular complexity index is 921. The first-order valence-electron chi connectivity index (χ1n) is 6.50. The lowest BCUT2D eigenvalue weighted by molar-refractivity contribution is 1.62. The summed E-state index contributed by atoms with van der Waals surface area (Å²) in [5, 5.41) is 2.69. The van der Waals surface area contributed by atoms with Crippen LogP contribution < -0.4 is 0 Å². The van der Waals surface area contributed by atoms with Crippen LogP contribution in [-0.4, -0.2) is 0 Å². The van der Waals surface area contributed by atoms with E-state index in [2.05, 4.69) is 82.7 Å². The lowest BCUT2D eigenvalue weighted by Gasteiger charge is -2.05. The van der Waals surface area contributed by atoms with E-state index in [9.17, 15) is 0 Å². The van der Waals surface area contributed by atoms with E-state index in [0.29, 0.717) is 0 Å². The Morgan fingerprint density at radius 3 is 2.25 bits per heavy atom. The molecule has 0 unspecified atom stereocenters. The Kier molecular flexibility index (Phi) is 2.86. The number of thiophene rings is 1. The van der Waals surface area contributed by atoms with Crippen LogP contribution in [0.1, 0.15) is 0 Å². The van der Waals surface area contributed by atoms with Gasteiger partial charge in [-0.05, 0) is 17.7 Å². The van der Waals surface area contributed by atoms with E-state index in [1.807, 2.05) is 11.3 Å². The molecular weight excluding hydrogens is 328 g/mol. The highest BCUT2D eigenvalue weighted by molar-refractivity contribution is 9.10. The van der Waals surface area contributed by atoms with Crippen molar-refractivity contribution >= 4 is 47.4 Å². The summed E-state index contributed by atoms with van der Waals surface area (Å²) in [6, 6.07) is 23.6. The summed E-state index contributed by atoms with van der Waals surface area (Å²) < 4.78 is 3.85. The molecular formula is C18H11BrS. The first kappa shape index (κ1) is 12.1. The molecule has 0 aliphatic carbocycles. The minimum absolute atomic E-state index is 1.14. The molecule has 0 aliphatic rings. The molecule has 3 aromatic carbocycles. The van der Waals surface area contributed by atoms with Gasteiger partial charge >= 0.3 is 0 Å². The fourth-order valence-corrected chi connectivity index (χ4v) is 4.37. The zero-order valence-corrected chi connectivity index (χ0v) is 13.0. The molecule has 0 aliphatic heterocycles. The molecule has 0 saturated carbocycles. The average molecular weight is 339 g/mol. The van der Waals surface area contributed by atoms with Gasteiger partial charge in [-0.25, -0.2) is 0 Å². The largest absolute Gasteiger partial charge is 0.135 e. The average Bonchev–Trinajstić information content (AvgIpc) is 2.86. The van der Waals surface area contributed by atoms with E-state index in [-0.39, 0.29) is 0 Å². The molecule has 0 spiro atoms. The van der Waals surface area contributed by atoms with Gasteiger partial charge in [-0.3, -0.25) is 0 Å². The SMILES string of the molecule is Brc1ccccc1-c1cccc2c1sc1ccccc12. The Morgan fingerprint density at radius 2 is 1.35 bits per heavy atom. The standard InChI is InChI=1S/C18H11BrS/c19-16-10-3-1-6-12(16)14-8-5-9-15-13-7-2-4-11-17(13)20-18(14)15/h1-11H. The van der Waals surface area contributed by atoms with Gasteiger partial charge in [0.05, 0.1) is 0 Å². The topological polar surface area (TPSA) is 0 Å². The van der Waals surface area contributed by atoms with E-state index in [1.165, 1.54) is 31.3 Å². The van der Waals surface area contributed by atoms with Crippen molar-refractivity contribution in [2.24, 2.45) is 0 Å². The Morgan fingerprint density at radius 1 is 0.650 bits per heavy atom. The zero-order valence-electron chi connectivity index (χ0n) is 10.6. The van der Waals surface area contributed by atoms with Crippen LogP contribution in [0.15, 0.2) is 71.2 Å². The van der Waals surface area contributed by atoms with Gasteiger partial charge in [0, 0.05) is 30.2 Å². The third-order valence-electron chi connectivity index (χ3n) is 3.57. The summed E-state index contributed by atoms with van der Waals surface area (Å²) in [4.78, 5) is 0. The van der Waals surface area contributed by atoms with Crippen LogP contribution in [0, 0.1) is 0 Å². The van der Waals surface area contributed by atoms with Crippen molar-refractivity contribution in [3.8, 4) is 11.1 Å². The Labute approximate surface area is 129 Å². The fraction of sp³-hybridized carbons (Fsp3) is 0. The maximum atomic E-state index is 3.67. The van der Waals surface area contributed by atoms with Crippen molar-refractivity contribution in [1.29, 1.82) is 0 Å². The van der Waals surface area contributed by atoms with Crippen molar-refractivity contribution in [2.45, 2.75) is 0 Å². The van der Waals surface area contributed by atoms with Crippen molar-refractivity contribution in [3.63, 3.8) is 0 Å². The molecule has 4 rings (SSSR count). The van der Waals surface area contributed by atoms with Gasteiger partial charge in [-0.2, -0.15) is 0 Å². The maximum absolute atomic E-state index is 3.67. The predicted molar refractivity (Wildman–Crippen MR) is 92.5 cm³/mol. The molecule has 1 heterocycles. The normalized spacial score (nSPS) is 11.2. The van der Waals surface area contributed by atoms with Crippen LogP contribution in [0.2, 0.25) is 0 Å². The fourth-order valence-electron chi connectivity index (χ4n) is 2.64. The van der Waals surface area contributed by atoms with Crippen LogP contribution in [0.3, 0.4) is 0 Å². The number of benzene rings is 3. The lowest BCUT2D eigenvalue weighted by atomic mass is 10.0. The van der Waals surface area contributed by atoms with Gasteiger partial charge in [-0.1, -0.05) is 70.5 Å². The molecule has 0 saturated heterocycles. The van der Waals surface area contributed by atoms with Crippen LogP contribution in [0.4, 0.5) is 0 Å². The van der Waals surface area contributed by atoms with E-state index in [4.69, 9.17) is 0 Å². The number of rotatable bonds is 1. The molecule has 0 atom stereocenters. The number of hydrogen-bond acceptors (Lipinski definition) is 1. The van der Waals surface area contributed by atoms with Gasteiger partial charge in [-0.15, -0.1) is 11.3 Å². The van der Waals surface area contributed by atoms with Crippen molar-refractivity contribution in [1.82, 2.24) is 0 Å². The summed E-state index contributed by atoms with van der Waals surface area (Å²) in [6.07, 6.45) is 0. The van der Waals surface area contributed by atoms with Crippen molar-refractivity contribution < 1.29 is 0 Å². The molecule has 20 heavy (non-hydrogen) atoms. The van der Waals surface area contributed by atoms with Gasteiger partial charge < -0.3 is 0 Å². The highest BCUT2D eigenvalue weighted by atomic mass is 79.9. The van der Waals surface area contributed by atoms with Crippen LogP contribution in [0.5, 0.6) is 0 Å². The minimum atomic E-state index is 1.14. The Balaban J connectivity index is 2.13. The smallest absolute Gasteiger partial charge is 0.0434 e. The molecule has 0 amide bonds. The second kappa shape index (κ2) is 4.72. The molecule has 96 valence electrons. The molecule has 0 fully saturated rings. The summed E-state index contributed by atoms with van der Waals surface area (Å²) in [6.45, 7) is 0. The molecule has 0 N–H and O–H groups in total. The third kappa shape index (κ3) is 1.80. The lowest BCUT2D eigenvalue weighted by Crippen LogP contribution is -1.79. The first-order valence-corrected chi connectivity index (χ1v) is 8.11. The summed E-state index contributed by atoms with van der Waals surface area (Å²) in [7, 11) is 0. The van der Waals surface area contributed by atoms with Gasteiger partial charge in [0.25, 0.3) is 0 Å². The molecule has 0 radical (unpaired) electrons. The van der Waals surface area contributed by atoms with E-state index in [1.54, 1.807) is 0 Å². The third-order valence-corrected chi connectivity index (χ3v) is 5.48. The predicted octanol–water partition coefficient (Wildman–Crippen LogP) is 6.48. The zero-order chi connectivity index (χ0) is 13.5. The second-order valence-electron chi connectivity index (χ2n) is 4.76. The van der Waals surface area contributed by atoms with E-state index < -0.39 is 0 Å². The van der Waals surface area contributed by atoms with Gasteiger partial charge in [0.15, 0.2) is 0 Å². The summed E-state index contributed by atoms with van der Waals surface area (Å²) in [5.74, 6) is 0. The van der Waals surface area contributed by atoms with Crippen LogP contribution >= 0.6 is 27.3 Å². The van der Waals surface area contributed by atoms with Crippen molar-refractivity contribution in [2.75, 3.05) is 0 Å². The molecule has 4 aromatic rings. The first-order chi connectivity index (χ1) is 9.84. The van der Waals surface area contributed by atoms with E-state index >= 15 is 0 Å². The van der Waals surface area contributed by atoms with Crippen LogP contribution in [-0.2, 0) is 0 Å².